The van der Waals surface area contributed by atoms with E-state index in [0.29, 0.717) is 0 Å². The van der Waals surface area contributed by atoms with Crippen LogP contribution in [0.4, 0.5) is 0 Å². The van der Waals surface area contributed by atoms with Crippen LogP contribution in [0.15, 0.2) is 146 Å². The van der Waals surface area contributed by atoms with Gasteiger partial charge in [0.25, 0.3) is 0 Å². The largest absolute Gasteiger partial charge is 0.309 e. The lowest BCUT2D eigenvalue weighted by Gasteiger charge is -2.11. The molecule has 0 aliphatic carbocycles. The van der Waals surface area contributed by atoms with Crippen molar-refractivity contribution in [2.45, 2.75) is 0 Å². The lowest BCUT2D eigenvalue weighted by atomic mass is 10.1. The van der Waals surface area contributed by atoms with Gasteiger partial charge in [-0.2, -0.15) is 0 Å². The van der Waals surface area contributed by atoms with Crippen molar-refractivity contribution in [3.8, 4) is 22.5 Å². The molecule has 0 aliphatic heterocycles. The Labute approximate surface area is 220 Å². The van der Waals surface area contributed by atoms with Crippen LogP contribution in [0, 0.1) is 0 Å². The summed E-state index contributed by atoms with van der Waals surface area (Å²) >= 11 is 0. The van der Waals surface area contributed by atoms with Gasteiger partial charge in [-0.25, -0.2) is 0 Å². The van der Waals surface area contributed by atoms with Crippen molar-refractivity contribution in [3.05, 3.63) is 146 Å². The third kappa shape index (κ3) is 3.01. The van der Waals surface area contributed by atoms with E-state index in [1.165, 1.54) is 66.1 Å². The van der Waals surface area contributed by atoms with E-state index in [0.717, 1.165) is 0 Å². The molecule has 0 radical (unpaired) electrons. The SMILES string of the molecule is c1ccc(-c2cccc(-n3c4ccccc4c4c3ccc3c5ccccc5n(-c5ccccc5)c34)c2)cc1. The van der Waals surface area contributed by atoms with Crippen LogP contribution in [0.1, 0.15) is 0 Å². The number of hydrogen-bond donors (Lipinski definition) is 0. The highest BCUT2D eigenvalue weighted by atomic mass is 15.0. The van der Waals surface area contributed by atoms with E-state index in [9.17, 15) is 0 Å². The van der Waals surface area contributed by atoms with Gasteiger partial charge in [0.15, 0.2) is 0 Å². The monoisotopic (exact) mass is 484 g/mol. The summed E-state index contributed by atoms with van der Waals surface area (Å²) in [7, 11) is 0. The van der Waals surface area contributed by atoms with Gasteiger partial charge in [0, 0.05) is 32.9 Å². The lowest BCUT2D eigenvalue weighted by Crippen LogP contribution is -1.95. The average molecular weight is 485 g/mol. The molecule has 8 rings (SSSR count). The molecule has 0 aliphatic rings. The topological polar surface area (TPSA) is 9.86 Å². The van der Waals surface area contributed by atoms with Crippen LogP contribution >= 0.6 is 0 Å². The summed E-state index contributed by atoms with van der Waals surface area (Å²) in [4.78, 5) is 0. The summed E-state index contributed by atoms with van der Waals surface area (Å²) in [6.07, 6.45) is 0. The zero-order chi connectivity index (χ0) is 25.1. The van der Waals surface area contributed by atoms with Gasteiger partial charge < -0.3 is 9.13 Å². The van der Waals surface area contributed by atoms with E-state index < -0.39 is 0 Å². The van der Waals surface area contributed by atoms with Crippen LogP contribution in [-0.4, -0.2) is 9.13 Å². The fourth-order valence-corrected chi connectivity index (χ4v) is 6.09. The van der Waals surface area contributed by atoms with Crippen molar-refractivity contribution >= 4 is 43.6 Å². The summed E-state index contributed by atoms with van der Waals surface area (Å²) in [5.74, 6) is 0. The molecule has 38 heavy (non-hydrogen) atoms. The molecule has 0 saturated carbocycles. The van der Waals surface area contributed by atoms with Crippen molar-refractivity contribution in [1.29, 1.82) is 0 Å². The van der Waals surface area contributed by atoms with Crippen molar-refractivity contribution in [2.24, 2.45) is 0 Å². The van der Waals surface area contributed by atoms with E-state index in [-0.39, 0.29) is 0 Å². The van der Waals surface area contributed by atoms with Crippen molar-refractivity contribution in [1.82, 2.24) is 9.13 Å². The first kappa shape index (κ1) is 21.0. The van der Waals surface area contributed by atoms with Gasteiger partial charge in [-0.15, -0.1) is 0 Å². The Bertz CT molecular complexity index is 2110. The van der Waals surface area contributed by atoms with Gasteiger partial charge in [0.05, 0.1) is 22.1 Å². The predicted molar refractivity (Wildman–Crippen MR) is 161 cm³/mol. The molecule has 0 saturated heterocycles. The minimum Gasteiger partial charge on any atom is -0.309 e. The molecule has 8 aromatic rings. The molecular formula is C36H24N2. The predicted octanol–water partition coefficient (Wildman–Crippen LogP) is 9.55. The van der Waals surface area contributed by atoms with Crippen molar-refractivity contribution in [3.63, 3.8) is 0 Å². The third-order valence-corrected chi connectivity index (χ3v) is 7.70. The van der Waals surface area contributed by atoms with Crippen molar-refractivity contribution < 1.29 is 0 Å². The van der Waals surface area contributed by atoms with Gasteiger partial charge in [-0.05, 0) is 53.6 Å². The Hall–Kier alpha value is -5.08. The normalized spacial score (nSPS) is 11.7. The van der Waals surface area contributed by atoms with E-state index in [4.69, 9.17) is 0 Å². The van der Waals surface area contributed by atoms with Crippen LogP contribution < -0.4 is 0 Å². The Kier molecular flexibility index (Phi) is 4.55. The number of fused-ring (bicyclic) bond motifs is 7. The first-order valence-corrected chi connectivity index (χ1v) is 13.0. The summed E-state index contributed by atoms with van der Waals surface area (Å²) in [5, 5.41) is 5.09. The van der Waals surface area contributed by atoms with E-state index in [2.05, 4.69) is 155 Å². The molecule has 2 heterocycles. The van der Waals surface area contributed by atoms with Crippen LogP contribution in [0.2, 0.25) is 0 Å². The standard InChI is InChI=1S/C36H24N2/c1-3-12-25(13-4-1)26-14-11-17-28(24-26)37-33-21-10-8-19-31(33)35-34(37)23-22-30-29-18-7-9-20-32(29)38(36(30)35)27-15-5-2-6-16-27/h1-24H. The van der Waals surface area contributed by atoms with Gasteiger partial charge in [-0.1, -0.05) is 103 Å². The Morgan fingerprint density at radius 1 is 0.342 bits per heavy atom. The molecular weight excluding hydrogens is 460 g/mol. The molecule has 6 aromatic carbocycles. The van der Waals surface area contributed by atoms with Crippen LogP contribution in [0.5, 0.6) is 0 Å². The molecule has 2 aromatic heterocycles. The molecule has 0 N–H and O–H groups in total. The Morgan fingerprint density at radius 2 is 0.947 bits per heavy atom. The number of nitrogens with zero attached hydrogens (tertiary/aromatic N) is 2. The van der Waals surface area contributed by atoms with Crippen LogP contribution in [0.25, 0.3) is 66.1 Å². The number of aromatic nitrogens is 2. The van der Waals surface area contributed by atoms with Crippen LogP contribution in [-0.2, 0) is 0 Å². The first-order valence-electron chi connectivity index (χ1n) is 13.0. The quantitative estimate of drug-likeness (QED) is 0.236. The van der Waals surface area contributed by atoms with Gasteiger partial charge in [0.1, 0.15) is 0 Å². The fourth-order valence-electron chi connectivity index (χ4n) is 6.09. The lowest BCUT2D eigenvalue weighted by molar-refractivity contribution is 1.17. The second-order valence-electron chi connectivity index (χ2n) is 9.81. The summed E-state index contributed by atoms with van der Waals surface area (Å²) in [6.45, 7) is 0. The molecule has 0 unspecified atom stereocenters. The summed E-state index contributed by atoms with van der Waals surface area (Å²) in [5.41, 5.74) is 9.69. The van der Waals surface area contributed by atoms with Gasteiger partial charge in [-0.3, -0.25) is 0 Å². The Morgan fingerprint density at radius 3 is 1.74 bits per heavy atom. The summed E-state index contributed by atoms with van der Waals surface area (Å²) < 4.78 is 4.85. The Balaban J connectivity index is 1.53. The van der Waals surface area contributed by atoms with E-state index >= 15 is 0 Å². The molecule has 0 amide bonds. The molecule has 0 bridgehead atoms. The highest BCUT2D eigenvalue weighted by Crippen LogP contribution is 2.42. The highest BCUT2D eigenvalue weighted by Gasteiger charge is 2.20. The zero-order valence-corrected chi connectivity index (χ0v) is 20.8. The smallest absolute Gasteiger partial charge is 0.0641 e. The van der Waals surface area contributed by atoms with Crippen LogP contribution in [0.3, 0.4) is 0 Å². The zero-order valence-electron chi connectivity index (χ0n) is 20.8. The van der Waals surface area contributed by atoms with Gasteiger partial charge >= 0.3 is 0 Å². The molecule has 178 valence electrons. The van der Waals surface area contributed by atoms with Gasteiger partial charge in [0.2, 0.25) is 0 Å². The summed E-state index contributed by atoms with van der Waals surface area (Å²) in [6, 6.07) is 52.4. The number of benzene rings is 6. The first-order chi connectivity index (χ1) is 18.9. The minimum absolute atomic E-state index is 1.17. The average Bonchev–Trinajstić information content (AvgIpc) is 3.51. The maximum atomic E-state index is 2.43. The molecule has 2 nitrogen and oxygen atoms in total. The van der Waals surface area contributed by atoms with Crippen molar-refractivity contribution in [2.75, 3.05) is 0 Å². The number of rotatable bonds is 3. The molecule has 0 fully saturated rings. The molecule has 0 atom stereocenters. The molecule has 2 heteroatoms. The minimum atomic E-state index is 1.17. The fraction of sp³-hybridized carbons (Fsp3) is 0. The maximum Gasteiger partial charge on any atom is 0.0641 e. The molecule has 0 spiro atoms. The third-order valence-electron chi connectivity index (χ3n) is 7.70. The second-order valence-corrected chi connectivity index (χ2v) is 9.81. The maximum absolute atomic E-state index is 2.43. The second kappa shape index (κ2) is 8.22. The number of hydrogen-bond acceptors (Lipinski definition) is 0. The van der Waals surface area contributed by atoms with E-state index in [1.807, 2.05) is 0 Å². The van der Waals surface area contributed by atoms with E-state index in [1.54, 1.807) is 0 Å². The highest BCUT2D eigenvalue weighted by molar-refractivity contribution is 6.26. The number of para-hydroxylation sites is 3.